The van der Waals surface area contributed by atoms with Gasteiger partial charge >= 0.3 is 6.09 Å². The molecule has 0 atom stereocenters. The zero-order valence-corrected chi connectivity index (χ0v) is 4.42. The number of hydrogen-bond donors (Lipinski definition) is 3. The number of carbonyl (C=O) groups is 1. The molecule has 4 nitrogen and oxygen atoms in total. The second-order valence-corrected chi connectivity index (χ2v) is 1.31. The summed E-state index contributed by atoms with van der Waals surface area (Å²) in [5, 5.41) is 18.2. The Balaban J connectivity index is 2.82. The smallest absolute Gasteiger partial charge is 0.404 e. The van der Waals surface area contributed by atoms with Crippen molar-refractivity contribution in [2.24, 2.45) is 0 Å². The number of carboxylic acid groups (broad SMARTS) is 1. The minimum absolute atomic E-state index is 0.0281. The van der Waals surface area contributed by atoms with E-state index in [-0.39, 0.29) is 6.61 Å². The van der Waals surface area contributed by atoms with Crippen LogP contribution in [0.2, 0.25) is 0 Å². The zero-order chi connectivity index (χ0) is 6.41. The lowest BCUT2D eigenvalue weighted by Gasteiger charge is -1.94. The molecule has 0 radical (unpaired) electrons. The standard InChI is InChI=1S/C4H9NO3/c6-3-1-2-5-4(7)8/h5-6H,1-3H2,(H,7,8). The van der Waals surface area contributed by atoms with Gasteiger partial charge in [-0.2, -0.15) is 0 Å². The Morgan fingerprint density at radius 1 is 1.62 bits per heavy atom. The summed E-state index contributed by atoms with van der Waals surface area (Å²) in [5.74, 6) is 0. The number of rotatable bonds is 3. The molecule has 0 heterocycles. The Bertz CT molecular complexity index is 73.7. The van der Waals surface area contributed by atoms with Crippen molar-refractivity contribution in [1.29, 1.82) is 0 Å². The lowest BCUT2D eigenvalue weighted by atomic mass is 10.5. The monoisotopic (exact) mass is 119 g/mol. The molecule has 8 heavy (non-hydrogen) atoms. The molecule has 0 aliphatic carbocycles. The van der Waals surface area contributed by atoms with Gasteiger partial charge in [-0.05, 0) is 6.42 Å². The van der Waals surface area contributed by atoms with Crippen molar-refractivity contribution >= 4 is 6.09 Å². The van der Waals surface area contributed by atoms with Crippen molar-refractivity contribution in [3.8, 4) is 0 Å². The fourth-order valence-electron chi connectivity index (χ4n) is 0.274. The van der Waals surface area contributed by atoms with Gasteiger partial charge in [-0.3, -0.25) is 0 Å². The first-order valence-electron chi connectivity index (χ1n) is 2.35. The Hall–Kier alpha value is -0.770. The highest BCUT2D eigenvalue weighted by Crippen LogP contribution is 1.70. The molecule has 0 aliphatic rings. The topological polar surface area (TPSA) is 69.6 Å². The zero-order valence-electron chi connectivity index (χ0n) is 4.42. The molecule has 0 rings (SSSR count). The van der Waals surface area contributed by atoms with E-state index in [1.165, 1.54) is 0 Å². The molecular weight excluding hydrogens is 110 g/mol. The quantitative estimate of drug-likeness (QED) is 0.444. The molecule has 0 spiro atoms. The lowest BCUT2D eigenvalue weighted by Crippen LogP contribution is -2.22. The summed E-state index contributed by atoms with van der Waals surface area (Å²) in [6.45, 7) is 0.353. The molecule has 0 saturated heterocycles. The summed E-state index contributed by atoms with van der Waals surface area (Å²) in [6.07, 6.45) is -0.565. The summed E-state index contributed by atoms with van der Waals surface area (Å²) in [4.78, 5) is 9.68. The van der Waals surface area contributed by atoms with Crippen LogP contribution in [-0.2, 0) is 0 Å². The third kappa shape index (κ3) is 5.23. The van der Waals surface area contributed by atoms with Gasteiger partial charge < -0.3 is 15.5 Å². The molecule has 0 bridgehead atoms. The van der Waals surface area contributed by atoms with Gasteiger partial charge in [0.15, 0.2) is 0 Å². The van der Waals surface area contributed by atoms with Crippen LogP contribution < -0.4 is 5.32 Å². The highest BCUT2D eigenvalue weighted by molar-refractivity contribution is 5.64. The van der Waals surface area contributed by atoms with E-state index in [2.05, 4.69) is 5.32 Å². The molecule has 1 amide bonds. The van der Waals surface area contributed by atoms with Crippen molar-refractivity contribution in [3.05, 3.63) is 0 Å². The SMILES string of the molecule is O=C(O)NCCCO. The first-order chi connectivity index (χ1) is 3.77. The van der Waals surface area contributed by atoms with Gasteiger partial charge in [-0.1, -0.05) is 0 Å². The van der Waals surface area contributed by atoms with Gasteiger partial charge in [-0.25, -0.2) is 4.79 Å². The molecule has 0 saturated carbocycles. The number of nitrogens with one attached hydrogen (secondary N) is 1. The Morgan fingerprint density at radius 3 is 2.62 bits per heavy atom. The van der Waals surface area contributed by atoms with E-state index in [1.807, 2.05) is 0 Å². The highest BCUT2D eigenvalue weighted by atomic mass is 16.4. The van der Waals surface area contributed by atoms with Gasteiger partial charge in [0.05, 0.1) is 0 Å². The van der Waals surface area contributed by atoms with Gasteiger partial charge in [0.25, 0.3) is 0 Å². The maximum atomic E-state index is 9.68. The first kappa shape index (κ1) is 7.23. The number of aliphatic hydroxyl groups is 1. The lowest BCUT2D eigenvalue weighted by molar-refractivity contribution is 0.193. The van der Waals surface area contributed by atoms with Gasteiger partial charge in [0.2, 0.25) is 0 Å². The van der Waals surface area contributed by atoms with Gasteiger partial charge in [0.1, 0.15) is 0 Å². The summed E-state index contributed by atoms with van der Waals surface area (Å²) in [7, 11) is 0. The van der Waals surface area contributed by atoms with Crippen LogP contribution in [0.3, 0.4) is 0 Å². The van der Waals surface area contributed by atoms with Crippen molar-refractivity contribution < 1.29 is 15.0 Å². The van der Waals surface area contributed by atoms with Crippen LogP contribution in [0.5, 0.6) is 0 Å². The molecule has 0 aromatic heterocycles. The van der Waals surface area contributed by atoms with E-state index in [1.54, 1.807) is 0 Å². The maximum Gasteiger partial charge on any atom is 0.404 e. The molecule has 0 aromatic rings. The van der Waals surface area contributed by atoms with E-state index in [0.717, 1.165) is 0 Å². The molecule has 48 valence electrons. The summed E-state index contributed by atoms with van der Waals surface area (Å²) >= 11 is 0. The molecule has 0 unspecified atom stereocenters. The van der Waals surface area contributed by atoms with Crippen LogP contribution in [0.1, 0.15) is 6.42 Å². The van der Waals surface area contributed by atoms with Crippen LogP contribution in [-0.4, -0.2) is 29.5 Å². The van der Waals surface area contributed by atoms with E-state index < -0.39 is 6.09 Å². The molecule has 0 aromatic carbocycles. The van der Waals surface area contributed by atoms with Crippen molar-refractivity contribution in [2.75, 3.05) is 13.2 Å². The molecule has 0 aliphatic heterocycles. The van der Waals surface area contributed by atoms with Gasteiger partial charge in [-0.15, -0.1) is 0 Å². The second kappa shape index (κ2) is 4.39. The molecule has 4 heteroatoms. The minimum atomic E-state index is -1.04. The van der Waals surface area contributed by atoms with Crippen LogP contribution in [0, 0.1) is 0 Å². The van der Waals surface area contributed by atoms with Crippen LogP contribution in [0.4, 0.5) is 4.79 Å². The number of aliphatic hydroxyl groups excluding tert-OH is 1. The average Bonchev–Trinajstić information content (AvgIpc) is 1.66. The van der Waals surface area contributed by atoms with E-state index in [0.29, 0.717) is 13.0 Å². The summed E-state index contributed by atoms with van der Waals surface area (Å²) < 4.78 is 0. The fourth-order valence-corrected chi connectivity index (χ4v) is 0.274. The van der Waals surface area contributed by atoms with Gasteiger partial charge in [0, 0.05) is 13.2 Å². The largest absolute Gasteiger partial charge is 0.465 e. The Kier molecular flexibility index (Phi) is 3.97. The maximum absolute atomic E-state index is 9.68. The average molecular weight is 119 g/mol. The minimum Gasteiger partial charge on any atom is -0.465 e. The van der Waals surface area contributed by atoms with Crippen molar-refractivity contribution in [2.45, 2.75) is 6.42 Å². The summed E-state index contributed by atoms with van der Waals surface area (Å²) in [6, 6.07) is 0. The predicted molar refractivity (Wildman–Crippen MR) is 27.7 cm³/mol. The highest BCUT2D eigenvalue weighted by Gasteiger charge is 1.89. The fraction of sp³-hybridized carbons (Fsp3) is 0.750. The van der Waals surface area contributed by atoms with Crippen molar-refractivity contribution in [3.63, 3.8) is 0 Å². The number of hydrogen-bond acceptors (Lipinski definition) is 2. The van der Waals surface area contributed by atoms with E-state index in [4.69, 9.17) is 10.2 Å². The van der Waals surface area contributed by atoms with Crippen LogP contribution in [0.25, 0.3) is 0 Å². The number of amides is 1. The summed E-state index contributed by atoms with van der Waals surface area (Å²) in [5.41, 5.74) is 0. The third-order valence-electron chi connectivity index (χ3n) is 0.611. The Labute approximate surface area is 47.1 Å². The Morgan fingerprint density at radius 2 is 2.25 bits per heavy atom. The molecular formula is C4H9NO3. The first-order valence-corrected chi connectivity index (χ1v) is 2.35. The normalized spacial score (nSPS) is 8.62. The molecule has 3 N–H and O–H groups in total. The van der Waals surface area contributed by atoms with Crippen molar-refractivity contribution in [1.82, 2.24) is 5.32 Å². The van der Waals surface area contributed by atoms with E-state index in [9.17, 15) is 4.79 Å². The van der Waals surface area contributed by atoms with E-state index >= 15 is 0 Å². The van der Waals surface area contributed by atoms with Crippen LogP contribution >= 0.6 is 0 Å². The predicted octanol–water partition coefficient (Wildman–Crippen LogP) is -0.364. The van der Waals surface area contributed by atoms with Crippen LogP contribution in [0.15, 0.2) is 0 Å². The second-order valence-electron chi connectivity index (χ2n) is 1.31. The molecule has 0 fully saturated rings. The third-order valence-corrected chi connectivity index (χ3v) is 0.611.